The van der Waals surface area contributed by atoms with Crippen molar-refractivity contribution in [1.29, 1.82) is 0 Å². The Morgan fingerprint density at radius 3 is 2.95 bits per heavy atom. The fourth-order valence-corrected chi connectivity index (χ4v) is 3.54. The molecule has 0 radical (unpaired) electrons. The van der Waals surface area contributed by atoms with Crippen LogP contribution in [-0.2, 0) is 13.0 Å². The normalized spacial score (nSPS) is 17.3. The Kier molecular flexibility index (Phi) is 3.76. The Bertz CT molecular complexity index is 648. The van der Waals surface area contributed by atoms with Crippen LogP contribution >= 0.6 is 11.3 Å². The topological polar surface area (TPSA) is 34.2 Å². The molecular formula is C17H22N2OS. The van der Waals surface area contributed by atoms with Gasteiger partial charge in [0.1, 0.15) is 16.4 Å². The molecule has 1 unspecified atom stereocenters. The molecule has 4 heteroatoms. The summed E-state index contributed by atoms with van der Waals surface area (Å²) in [5.74, 6) is 1.07. The molecule has 21 heavy (non-hydrogen) atoms. The van der Waals surface area contributed by atoms with Gasteiger partial charge in [-0.3, -0.25) is 0 Å². The lowest BCUT2D eigenvalue weighted by molar-refractivity contribution is 0.137. The minimum Gasteiger partial charge on any atom is -0.487 e. The number of thiazole rings is 1. The fraction of sp³-hybridized carbons (Fsp3) is 0.471. The molecule has 0 saturated carbocycles. The summed E-state index contributed by atoms with van der Waals surface area (Å²) >= 11 is 1.75. The zero-order chi connectivity index (χ0) is 15.0. The van der Waals surface area contributed by atoms with E-state index in [0.29, 0.717) is 0 Å². The van der Waals surface area contributed by atoms with Gasteiger partial charge in [-0.25, -0.2) is 4.98 Å². The number of para-hydroxylation sites is 1. The van der Waals surface area contributed by atoms with Crippen LogP contribution in [0.5, 0.6) is 5.75 Å². The van der Waals surface area contributed by atoms with Gasteiger partial charge >= 0.3 is 0 Å². The number of nitrogens with zero attached hydrogens (tertiary/aromatic N) is 1. The van der Waals surface area contributed by atoms with E-state index in [2.05, 4.69) is 56.2 Å². The van der Waals surface area contributed by atoms with Crippen LogP contribution < -0.4 is 10.1 Å². The van der Waals surface area contributed by atoms with Crippen LogP contribution in [0.25, 0.3) is 0 Å². The minimum absolute atomic E-state index is 0.0868. The lowest BCUT2D eigenvalue weighted by atomic mass is 10.0. The number of rotatable bonds is 4. The highest BCUT2D eigenvalue weighted by Crippen LogP contribution is 2.37. The first-order valence-electron chi connectivity index (χ1n) is 7.40. The Hall–Kier alpha value is -1.39. The number of fused-ring (bicyclic) bond motifs is 1. The van der Waals surface area contributed by atoms with Crippen LogP contribution in [0.15, 0.2) is 24.4 Å². The SMILES string of the molecule is Cc1cnc(C(C)NCc2cccc3c2OC(C)(C)C3)s1. The molecule has 1 aliphatic rings. The number of aryl methyl sites for hydroxylation is 1. The van der Waals surface area contributed by atoms with E-state index in [-0.39, 0.29) is 11.6 Å². The Morgan fingerprint density at radius 1 is 1.43 bits per heavy atom. The van der Waals surface area contributed by atoms with Crippen molar-refractivity contribution in [2.75, 3.05) is 0 Å². The number of ether oxygens (including phenoxy) is 1. The first-order valence-corrected chi connectivity index (χ1v) is 8.22. The van der Waals surface area contributed by atoms with Crippen molar-refractivity contribution in [2.45, 2.75) is 52.3 Å². The average molecular weight is 302 g/mol. The maximum Gasteiger partial charge on any atom is 0.127 e. The summed E-state index contributed by atoms with van der Waals surface area (Å²) in [6, 6.07) is 6.70. The van der Waals surface area contributed by atoms with Gasteiger partial charge < -0.3 is 10.1 Å². The van der Waals surface area contributed by atoms with Gasteiger partial charge in [0.15, 0.2) is 0 Å². The molecule has 1 aliphatic heterocycles. The molecule has 2 aromatic rings. The van der Waals surface area contributed by atoms with E-state index in [9.17, 15) is 0 Å². The van der Waals surface area contributed by atoms with E-state index in [4.69, 9.17) is 4.74 Å². The predicted molar refractivity (Wildman–Crippen MR) is 87.0 cm³/mol. The first-order chi connectivity index (χ1) is 9.94. The molecule has 2 heterocycles. The predicted octanol–water partition coefficient (Wildman–Crippen LogP) is 4.02. The Morgan fingerprint density at radius 2 is 2.24 bits per heavy atom. The quantitative estimate of drug-likeness (QED) is 0.926. The second-order valence-electron chi connectivity index (χ2n) is 6.36. The highest BCUT2D eigenvalue weighted by atomic mass is 32.1. The third kappa shape index (κ3) is 3.11. The highest BCUT2D eigenvalue weighted by molar-refractivity contribution is 7.11. The van der Waals surface area contributed by atoms with Crippen molar-refractivity contribution >= 4 is 11.3 Å². The van der Waals surface area contributed by atoms with Crippen molar-refractivity contribution in [3.8, 4) is 5.75 Å². The number of nitrogens with one attached hydrogen (secondary N) is 1. The first kappa shape index (κ1) is 14.5. The molecule has 1 aromatic heterocycles. The van der Waals surface area contributed by atoms with Crippen LogP contribution in [0.2, 0.25) is 0 Å². The van der Waals surface area contributed by atoms with Crippen LogP contribution in [0, 0.1) is 6.92 Å². The van der Waals surface area contributed by atoms with E-state index in [1.165, 1.54) is 16.0 Å². The molecule has 3 nitrogen and oxygen atoms in total. The van der Waals surface area contributed by atoms with E-state index in [1.807, 2.05) is 6.20 Å². The third-order valence-electron chi connectivity index (χ3n) is 3.78. The number of hydrogen-bond donors (Lipinski definition) is 1. The monoisotopic (exact) mass is 302 g/mol. The van der Waals surface area contributed by atoms with Gasteiger partial charge in [0.05, 0.1) is 6.04 Å². The molecule has 1 N–H and O–H groups in total. The lowest BCUT2D eigenvalue weighted by Gasteiger charge is -2.19. The molecule has 1 atom stereocenters. The summed E-state index contributed by atoms with van der Waals surface area (Å²) in [7, 11) is 0. The second kappa shape index (κ2) is 5.43. The smallest absolute Gasteiger partial charge is 0.127 e. The molecule has 0 bridgehead atoms. The van der Waals surface area contributed by atoms with Crippen LogP contribution in [-0.4, -0.2) is 10.6 Å². The van der Waals surface area contributed by atoms with Crippen molar-refractivity contribution < 1.29 is 4.74 Å². The molecule has 0 spiro atoms. The van der Waals surface area contributed by atoms with Gasteiger partial charge in [0.25, 0.3) is 0 Å². The van der Waals surface area contributed by atoms with Gasteiger partial charge in [0.2, 0.25) is 0 Å². The van der Waals surface area contributed by atoms with Crippen molar-refractivity contribution in [2.24, 2.45) is 0 Å². The van der Waals surface area contributed by atoms with E-state index >= 15 is 0 Å². The summed E-state index contributed by atoms with van der Waals surface area (Å²) in [4.78, 5) is 5.70. The van der Waals surface area contributed by atoms with Gasteiger partial charge in [-0.2, -0.15) is 0 Å². The van der Waals surface area contributed by atoms with Crippen LogP contribution in [0.1, 0.15) is 47.8 Å². The number of aromatic nitrogens is 1. The largest absolute Gasteiger partial charge is 0.487 e. The zero-order valence-corrected chi connectivity index (χ0v) is 13.9. The number of benzene rings is 1. The van der Waals surface area contributed by atoms with Crippen molar-refractivity contribution in [3.05, 3.63) is 45.4 Å². The van der Waals surface area contributed by atoms with E-state index in [0.717, 1.165) is 23.7 Å². The highest BCUT2D eigenvalue weighted by Gasteiger charge is 2.31. The molecule has 1 aromatic carbocycles. The molecule has 0 amide bonds. The van der Waals surface area contributed by atoms with Gasteiger partial charge in [0, 0.05) is 29.6 Å². The third-order valence-corrected chi connectivity index (χ3v) is 4.88. The summed E-state index contributed by atoms with van der Waals surface area (Å²) < 4.78 is 6.11. The van der Waals surface area contributed by atoms with E-state index < -0.39 is 0 Å². The molecule has 0 aliphatic carbocycles. The molecule has 0 fully saturated rings. The maximum atomic E-state index is 6.11. The molecule has 0 saturated heterocycles. The second-order valence-corrected chi connectivity index (χ2v) is 7.62. The molecule has 112 valence electrons. The van der Waals surface area contributed by atoms with E-state index in [1.54, 1.807) is 11.3 Å². The minimum atomic E-state index is -0.0868. The summed E-state index contributed by atoms with van der Waals surface area (Å²) in [5.41, 5.74) is 2.46. The van der Waals surface area contributed by atoms with Gasteiger partial charge in [-0.1, -0.05) is 18.2 Å². The molecule has 3 rings (SSSR count). The standard InChI is InChI=1S/C17H22N2OS/c1-11-9-19-16(21-11)12(2)18-10-14-7-5-6-13-8-17(3,4)20-15(13)14/h5-7,9,12,18H,8,10H2,1-4H3. The van der Waals surface area contributed by atoms with Gasteiger partial charge in [-0.05, 0) is 33.3 Å². The zero-order valence-electron chi connectivity index (χ0n) is 13.1. The van der Waals surface area contributed by atoms with Gasteiger partial charge in [-0.15, -0.1) is 11.3 Å². The molecular weight excluding hydrogens is 280 g/mol. The van der Waals surface area contributed by atoms with Crippen LogP contribution in [0.4, 0.5) is 0 Å². The summed E-state index contributed by atoms with van der Waals surface area (Å²) in [6.45, 7) is 9.34. The summed E-state index contributed by atoms with van der Waals surface area (Å²) in [5, 5.41) is 4.69. The van der Waals surface area contributed by atoms with Crippen molar-refractivity contribution in [3.63, 3.8) is 0 Å². The summed E-state index contributed by atoms with van der Waals surface area (Å²) in [6.07, 6.45) is 2.92. The lowest BCUT2D eigenvalue weighted by Crippen LogP contribution is -2.25. The Balaban J connectivity index is 1.71. The number of hydrogen-bond acceptors (Lipinski definition) is 4. The Labute approximate surface area is 130 Å². The fourth-order valence-electron chi connectivity index (χ4n) is 2.74. The average Bonchev–Trinajstić information content (AvgIpc) is 2.97. The maximum absolute atomic E-state index is 6.11. The van der Waals surface area contributed by atoms with Crippen molar-refractivity contribution in [1.82, 2.24) is 10.3 Å². The van der Waals surface area contributed by atoms with Crippen LogP contribution in [0.3, 0.4) is 0 Å².